The lowest BCUT2D eigenvalue weighted by molar-refractivity contribution is -0.135. The molecule has 6 nitrogen and oxygen atoms in total. The van der Waals surface area contributed by atoms with Crippen molar-refractivity contribution in [1.82, 2.24) is 5.32 Å². The molecule has 2 aromatic rings. The smallest absolute Gasteiger partial charge is 0.263 e. The molecule has 0 aliphatic carbocycles. The standard InChI is InChI=1S/C24H28ClFN2O4S/c1-24(2,32-19-8-11-21(25)22(26)14-19)23(29)27-15-12-17-4-5-18(13-15)28(17)16-6-9-20(10-7-16)33(3,30)31/h6-11,14-15,17-18H,4-5,12-13H2,1-3H3,(H,27,29)/t15?,17-,18+. The van der Waals surface area contributed by atoms with Crippen molar-refractivity contribution in [3.8, 4) is 5.75 Å². The van der Waals surface area contributed by atoms with Gasteiger partial charge in [-0.15, -0.1) is 0 Å². The van der Waals surface area contributed by atoms with Crippen LogP contribution in [0.4, 0.5) is 10.1 Å². The number of carbonyl (C=O) groups is 1. The lowest BCUT2D eigenvalue weighted by Crippen LogP contribution is -2.55. The fourth-order valence-electron chi connectivity index (χ4n) is 4.82. The second-order valence-electron chi connectivity index (χ2n) is 9.39. The van der Waals surface area contributed by atoms with Gasteiger partial charge in [-0.2, -0.15) is 0 Å². The van der Waals surface area contributed by atoms with Gasteiger partial charge in [0.2, 0.25) is 0 Å². The lowest BCUT2D eigenvalue weighted by Gasteiger charge is -2.41. The van der Waals surface area contributed by atoms with Crippen LogP contribution in [0, 0.1) is 5.82 Å². The molecular weight excluding hydrogens is 467 g/mol. The van der Waals surface area contributed by atoms with Gasteiger partial charge in [0.25, 0.3) is 5.91 Å². The summed E-state index contributed by atoms with van der Waals surface area (Å²) >= 11 is 5.72. The highest BCUT2D eigenvalue weighted by Crippen LogP contribution is 2.39. The number of nitrogens with zero attached hydrogens (tertiary/aromatic N) is 1. The number of fused-ring (bicyclic) bond motifs is 2. The molecule has 4 rings (SSSR count). The van der Waals surface area contributed by atoms with Gasteiger partial charge in [-0.05, 0) is 75.9 Å². The average molecular weight is 495 g/mol. The Morgan fingerprint density at radius 2 is 1.73 bits per heavy atom. The number of sulfone groups is 1. The first-order chi connectivity index (χ1) is 15.4. The molecule has 1 amide bonds. The zero-order chi connectivity index (χ0) is 24.0. The second-order valence-corrected chi connectivity index (χ2v) is 11.8. The lowest BCUT2D eigenvalue weighted by atomic mass is 9.95. The number of ether oxygens (including phenoxy) is 1. The summed E-state index contributed by atoms with van der Waals surface area (Å²) in [6.07, 6.45) is 4.83. The van der Waals surface area contributed by atoms with E-state index in [-0.39, 0.29) is 34.8 Å². The summed E-state index contributed by atoms with van der Waals surface area (Å²) in [7, 11) is -3.23. The number of benzene rings is 2. The summed E-state index contributed by atoms with van der Waals surface area (Å²) in [4.78, 5) is 15.6. The SMILES string of the molecule is CC(C)(Oc1ccc(Cl)c(F)c1)C(=O)NC1C[C@H]2CC[C@@H](C1)N2c1ccc(S(C)(=O)=O)cc1. The number of hydrogen-bond donors (Lipinski definition) is 1. The molecule has 178 valence electrons. The van der Waals surface area contributed by atoms with Gasteiger partial charge in [0.1, 0.15) is 11.6 Å². The molecular formula is C24H28ClFN2O4S. The van der Waals surface area contributed by atoms with E-state index in [4.69, 9.17) is 16.3 Å². The Hall–Kier alpha value is -2.32. The Balaban J connectivity index is 1.40. The minimum absolute atomic E-state index is 0.00204. The third-order valence-electron chi connectivity index (χ3n) is 6.44. The summed E-state index contributed by atoms with van der Waals surface area (Å²) in [5, 5.41) is 3.12. The van der Waals surface area contributed by atoms with Gasteiger partial charge >= 0.3 is 0 Å². The van der Waals surface area contributed by atoms with Crippen LogP contribution in [0.15, 0.2) is 47.4 Å². The average Bonchev–Trinajstić information content (AvgIpc) is 3.00. The van der Waals surface area contributed by atoms with Gasteiger partial charge in [-0.1, -0.05) is 11.6 Å². The Bertz CT molecular complexity index is 1140. The molecule has 0 spiro atoms. The van der Waals surface area contributed by atoms with Crippen LogP contribution in [0.3, 0.4) is 0 Å². The zero-order valence-corrected chi connectivity index (χ0v) is 20.4. The van der Waals surface area contributed by atoms with E-state index in [0.717, 1.165) is 31.4 Å². The predicted octanol–water partition coefficient (Wildman–Crippen LogP) is 4.36. The van der Waals surface area contributed by atoms with Crippen LogP contribution in [-0.4, -0.2) is 44.3 Å². The number of halogens is 2. The van der Waals surface area contributed by atoms with E-state index in [1.165, 1.54) is 24.5 Å². The fraction of sp³-hybridized carbons (Fsp3) is 0.458. The summed E-state index contributed by atoms with van der Waals surface area (Å²) < 4.78 is 43.0. The van der Waals surface area contributed by atoms with Crippen molar-refractivity contribution >= 4 is 33.0 Å². The molecule has 0 aromatic heterocycles. The van der Waals surface area contributed by atoms with E-state index >= 15 is 0 Å². The van der Waals surface area contributed by atoms with Gasteiger partial charge < -0.3 is 15.0 Å². The van der Waals surface area contributed by atoms with E-state index in [9.17, 15) is 17.6 Å². The van der Waals surface area contributed by atoms with Gasteiger partial charge in [0.05, 0.1) is 9.92 Å². The van der Waals surface area contributed by atoms with Crippen molar-refractivity contribution in [2.45, 2.75) is 68.2 Å². The molecule has 2 heterocycles. The molecule has 0 saturated carbocycles. The molecule has 2 aromatic carbocycles. The van der Waals surface area contributed by atoms with Crippen molar-refractivity contribution < 1.29 is 22.3 Å². The number of carbonyl (C=O) groups excluding carboxylic acids is 1. The van der Waals surface area contributed by atoms with E-state index in [1.54, 1.807) is 26.0 Å². The first-order valence-corrected chi connectivity index (χ1v) is 13.2. The van der Waals surface area contributed by atoms with E-state index in [1.807, 2.05) is 12.1 Å². The zero-order valence-electron chi connectivity index (χ0n) is 18.8. The van der Waals surface area contributed by atoms with Crippen molar-refractivity contribution in [1.29, 1.82) is 0 Å². The molecule has 0 radical (unpaired) electrons. The maximum Gasteiger partial charge on any atom is 0.263 e. The first kappa shape index (κ1) is 23.8. The molecule has 2 fully saturated rings. The fourth-order valence-corrected chi connectivity index (χ4v) is 5.57. The number of amides is 1. The number of hydrogen-bond acceptors (Lipinski definition) is 5. The molecule has 2 aliphatic rings. The minimum atomic E-state index is -3.23. The molecule has 3 atom stereocenters. The highest BCUT2D eigenvalue weighted by molar-refractivity contribution is 7.90. The minimum Gasteiger partial charge on any atom is -0.478 e. The summed E-state index contributed by atoms with van der Waals surface area (Å²) in [6, 6.07) is 11.7. The van der Waals surface area contributed by atoms with Gasteiger partial charge in [0, 0.05) is 36.1 Å². The Morgan fingerprint density at radius 1 is 1.12 bits per heavy atom. The highest BCUT2D eigenvalue weighted by Gasteiger charge is 2.42. The van der Waals surface area contributed by atoms with Crippen LogP contribution in [-0.2, 0) is 14.6 Å². The number of anilines is 1. The van der Waals surface area contributed by atoms with Gasteiger partial charge in [0.15, 0.2) is 15.4 Å². The molecule has 2 bridgehead atoms. The number of rotatable bonds is 6. The van der Waals surface area contributed by atoms with Gasteiger partial charge in [-0.3, -0.25) is 4.79 Å². The number of nitrogens with one attached hydrogen (secondary N) is 1. The Labute approximate surface area is 199 Å². The van der Waals surface area contributed by atoms with Crippen molar-refractivity contribution in [2.75, 3.05) is 11.2 Å². The molecule has 2 aliphatic heterocycles. The van der Waals surface area contributed by atoms with Crippen molar-refractivity contribution in [3.63, 3.8) is 0 Å². The normalized spacial score (nSPS) is 22.8. The quantitative estimate of drug-likeness (QED) is 0.646. The first-order valence-electron chi connectivity index (χ1n) is 11.0. The van der Waals surface area contributed by atoms with Crippen LogP contribution in [0.2, 0.25) is 5.02 Å². The molecule has 2 saturated heterocycles. The maximum absolute atomic E-state index is 13.7. The third kappa shape index (κ3) is 5.11. The number of piperidine rings is 1. The summed E-state index contributed by atoms with van der Waals surface area (Å²) in [5.41, 5.74) is -0.175. The highest BCUT2D eigenvalue weighted by atomic mass is 35.5. The Morgan fingerprint density at radius 3 is 2.27 bits per heavy atom. The largest absolute Gasteiger partial charge is 0.478 e. The summed E-state index contributed by atoms with van der Waals surface area (Å²) in [5.74, 6) is -0.614. The van der Waals surface area contributed by atoms with Crippen LogP contribution in [0.5, 0.6) is 5.75 Å². The summed E-state index contributed by atoms with van der Waals surface area (Å²) in [6.45, 7) is 3.31. The topological polar surface area (TPSA) is 75.7 Å². The van der Waals surface area contributed by atoms with Crippen molar-refractivity contribution in [2.24, 2.45) is 0 Å². The van der Waals surface area contributed by atoms with Crippen molar-refractivity contribution in [3.05, 3.63) is 53.3 Å². The predicted molar refractivity (Wildman–Crippen MR) is 126 cm³/mol. The molecule has 1 N–H and O–H groups in total. The maximum atomic E-state index is 13.7. The van der Waals surface area contributed by atoms with Gasteiger partial charge in [-0.25, -0.2) is 12.8 Å². The van der Waals surface area contributed by atoms with E-state index in [2.05, 4.69) is 10.2 Å². The molecule has 1 unspecified atom stereocenters. The van der Waals surface area contributed by atoms with Crippen LogP contribution in [0.25, 0.3) is 0 Å². The third-order valence-corrected chi connectivity index (χ3v) is 7.88. The molecule has 33 heavy (non-hydrogen) atoms. The Kier molecular flexibility index (Phi) is 6.35. The van der Waals surface area contributed by atoms with E-state index < -0.39 is 21.3 Å². The molecule has 9 heteroatoms. The van der Waals surface area contributed by atoms with Crippen LogP contribution < -0.4 is 15.0 Å². The van der Waals surface area contributed by atoms with Crippen LogP contribution >= 0.6 is 11.6 Å². The second kappa shape index (κ2) is 8.80. The monoisotopic (exact) mass is 494 g/mol. The van der Waals surface area contributed by atoms with E-state index in [0.29, 0.717) is 4.90 Å². The van der Waals surface area contributed by atoms with Crippen LogP contribution in [0.1, 0.15) is 39.5 Å².